The Morgan fingerprint density at radius 2 is 1.92 bits per heavy atom. The summed E-state index contributed by atoms with van der Waals surface area (Å²) < 4.78 is 8.37. The monoisotopic (exact) mass is 508 g/mol. The van der Waals surface area contributed by atoms with Gasteiger partial charge in [0, 0.05) is 22.9 Å². The zero-order valence-corrected chi connectivity index (χ0v) is 20.6. The second-order valence-corrected chi connectivity index (χ2v) is 9.51. The maximum absolute atomic E-state index is 13.5. The molecular weight excluding hydrogens is 484 g/mol. The van der Waals surface area contributed by atoms with Crippen LogP contribution in [0.15, 0.2) is 61.5 Å². The quantitative estimate of drug-likeness (QED) is 0.408. The van der Waals surface area contributed by atoms with Crippen molar-refractivity contribution in [3.63, 3.8) is 0 Å². The number of carboxylic acids is 1. The lowest BCUT2D eigenvalue weighted by atomic mass is 9.80. The predicted octanol–water partition coefficient (Wildman–Crippen LogP) is 3.92. The van der Waals surface area contributed by atoms with Gasteiger partial charge in [-0.3, -0.25) is 14.3 Å². The lowest BCUT2D eigenvalue weighted by Gasteiger charge is -2.33. The van der Waals surface area contributed by atoms with E-state index in [1.165, 1.54) is 4.57 Å². The molecule has 9 nitrogen and oxygen atoms in total. The highest BCUT2D eigenvalue weighted by Gasteiger charge is 2.37. The van der Waals surface area contributed by atoms with Gasteiger partial charge >= 0.3 is 17.3 Å². The van der Waals surface area contributed by atoms with Crippen LogP contribution in [0.1, 0.15) is 42.7 Å². The zero-order valence-electron chi connectivity index (χ0n) is 19.8. The van der Waals surface area contributed by atoms with Crippen LogP contribution in [-0.2, 0) is 17.8 Å². The Bertz CT molecular complexity index is 1650. The second-order valence-electron chi connectivity index (χ2n) is 9.08. The average Bonchev–Trinajstić information content (AvgIpc) is 3.13. The molecule has 10 heteroatoms. The minimum Gasteiger partial charge on any atom is -0.481 e. The molecule has 1 fully saturated rings. The van der Waals surface area contributed by atoms with Crippen molar-refractivity contribution in [1.29, 1.82) is 0 Å². The first-order chi connectivity index (χ1) is 17.2. The molecule has 0 amide bonds. The molecule has 2 aromatic carbocycles. The summed E-state index contributed by atoms with van der Waals surface area (Å²) >= 11 is 6.02. The molecule has 2 aromatic heterocycles. The molecule has 0 atom stereocenters. The standard InChI is InChI=1S/C26H25ClN4O5/c1-3-21-14(2)20-12-18(8-9-22(20)36-21)28-24-29-25(34)31(19-10-16(11-19)23(32)33)26(35)30(24)13-15-4-6-17(27)7-5-15/h4-9,12,16,19H,3,10-11,13H2,1-2H3,(H,32,33)(H,28,29,34)/t16-,19-. The summed E-state index contributed by atoms with van der Waals surface area (Å²) in [5, 5.41) is 10.7. The van der Waals surface area contributed by atoms with E-state index < -0.39 is 29.3 Å². The molecule has 4 aromatic rings. The first kappa shape index (κ1) is 23.9. The number of nitrogens with one attached hydrogen (secondary N) is 1. The van der Waals surface area contributed by atoms with Crippen LogP contribution in [0.25, 0.3) is 11.0 Å². The molecule has 186 valence electrons. The number of aryl methyl sites for hydroxylation is 2. The molecule has 1 aliphatic rings. The largest absolute Gasteiger partial charge is 0.481 e. The third-order valence-electron chi connectivity index (χ3n) is 6.79. The van der Waals surface area contributed by atoms with Crippen molar-refractivity contribution in [2.45, 2.75) is 45.7 Å². The molecule has 2 heterocycles. The summed E-state index contributed by atoms with van der Waals surface area (Å²) in [4.78, 5) is 45.1. The molecule has 0 saturated heterocycles. The number of hydrogen-bond donors (Lipinski definition) is 2. The van der Waals surface area contributed by atoms with Crippen LogP contribution in [0.4, 0.5) is 5.69 Å². The number of aromatic nitrogens is 3. The van der Waals surface area contributed by atoms with Crippen molar-refractivity contribution in [2.24, 2.45) is 10.9 Å². The van der Waals surface area contributed by atoms with Gasteiger partial charge in [0.1, 0.15) is 11.3 Å². The predicted molar refractivity (Wildman–Crippen MR) is 135 cm³/mol. The van der Waals surface area contributed by atoms with E-state index in [9.17, 15) is 19.5 Å². The summed E-state index contributed by atoms with van der Waals surface area (Å²) in [6.07, 6.45) is 1.22. The van der Waals surface area contributed by atoms with Gasteiger partial charge in [0.15, 0.2) is 0 Å². The van der Waals surface area contributed by atoms with Crippen molar-refractivity contribution in [3.8, 4) is 0 Å². The van der Waals surface area contributed by atoms with Crippen molar-refractivity contribution in [1.82, 2.24) is 14.1 Å². The van der Waals surface area contributed by atoms with E-state index >= 15 is 0 Å². The summed E-state index contributed by atoms with van der Waals surface area (Å²) in [6.45, 7) is 4.16. The molecule has 36 heavy (non-hydrogen) atoms. The topological polar surface area (TPSA) is 123 Å². The number of fused-ring (bicyclic) bond motifs is 1. The summed E-state index contributed by atoms with van der Waals surface area (Å²) in [5.41, 5.74) is 2.06. The van der Waals surface area contributed by atoms with Crippen molar-refractivity contribution in [2.75, 3.05) is 0 Å². The highest BCUT2D eigenvalue weighted by atomic mass is 35.5. The van der Waals surface area contributed by atoms with Crippen LogP contribution in [0, 0.1) is 12.8 Å². The van der Waals surface area contributed by atoms with Crippen molar-refractivity contribution < 1.29 is 14.3 Å². The number of nitrogens with zero attached hydrogens (tertiary/aromatic N) is 3. The molecule has 2 N–H and O–H groups in total. The number of carbonyl (C=O) groups is 1. The van der Waals surface area contributed by atoms with Gasteiger partial charge in [-0.2, -0.15) is 0 Å². The van der Waals surface area contributed by atoms with Crippen molar-refractivity contribution >= 4 is 34.2 Å². The summed E-state index contributed by atoms with van der Waals surface area (Å²) in [7, 11) is 0. The Labute approximate surface area is 210 Å². The fourth-order valence-electron chi connectivity index (χ4n) is 4.65. The highest BCUT2D eigenvalue weighted by Crippen LogP contribution is 2.36. The van der Waals surface area contributed by atoms with Crippen LogP contribution in [0.5, 0.6) is 0 Å². The molecule has 0 aliphatic heterocycles. The molecule has 0 spiro atoms. The lowest BCUT2D eigenvalue weighted by Crippen LogP contribution is -2.53. The van der Waals surface area contributed by atoms with Gasteiger partial charge in [-0.1, -0.05) is 30.7 Å². The lowest BCUT2D eigenvalue weighted by molar-refractivity contribution is -0.146. The summed E-state index contributed by atoms with van der Waals surface area (Å²) in [5.74, 6) is -0.586. The Kier molecular flexibility index (Phi) is 6.17. The van der Waals surface area contributed by atoms with Crippen LogP contribution in [0.3, 0.4) is 0 Å². The highest BCUT2D eigenvalue weighted by molar-refractivity contribution is 6.30. The molecule has 1 aliphatic carbocycles. The van der Waals surface area contributed by atoms with E-state index in [-0.39, 0.29) is 25.0 Å². The number of halogens is 1. The van der Waals surface area contributed by atoms with E-state index in [1.54, 1.807) is 30.3 Å². The first-order valence-electron chi connectivity index (χ1n) is 11.7. The van der Waals surface area contributed by atoms with Gasteiger partial charge < -0.3 is 9.52 Å². The first-order valence-corrected chi connectivity index (χ1v) is 12.1. The van der Waals surface area contributed by atoms with E-state index in [4.69, 9.17) is 16.0 Å². The number of carboxylic acid groups (broad SMARTS) is 1. The third kappa shape index (κ3) is 4.30. The Morgan fingerprint density at radius 3 is 2.58 bits per heavy atom. The average molecular weight is 509 g/mol. The normalized spacial score (nSPS) is 17.9. The Morgan fingerprint density at radius 1 is 1.19 bits per heavy atom. The molecule has 0 bridgehead atoms. The number of benzene rings is 2. The maximum Gasteiger partial charge on any atom is 0.335 e. The van der Waals surface area contributed by atoms with Crippen LogP contribution < -0.4 is 17.0 Å². The van der Waals surface area contributed by atoms with Crippen molar-refractivity contribution in [3.05, 3.63) is 91.0 Å². The molecular formula is C26H25ClN4O5. The van der Waals surface area contributed by atoms with Gasteiger partial charge in [-0.05, 0) is 61.2 Å². The Hall–Kier alpha value is -3.85. The van der Waals surface area contributed by atoms with Gasteiger partial charge in [0.2, 0.25) is 5.62 Å². The number of aromatic amines is 1. The summed E-state index contributed by atoms with van der Waals surface area (Å²) in [6, 6.07) is 12.0. The number of rotatable bonds is 6. The molecule has 0 radical (unpaired) electrons. The third-order valence-corrected chi connectivity index (χ3v) is 7.04. The Balaban J connectivity index is 1.65. The fourth-order valence-corrected chi connectivity index (χ4v) is 4.77. The fraction of sp³-hybridized carbons (Fsp3) is 0.308. The van der Waals surface area contributed by atoms with Crippen LogP contribution in [-0.4, -0.2) is 25.2 Å². The minimum atomic E-state index is -0.924. The maximum atomic E-state index is 13.5. The van der Waals surface area contributed by atoms with Gasteiger partial charge in [0.25, 0.3) is 0 Å². The van der Waals surface area contributed by atoms with E-state index in [2.05, 4.69) is 9.98 Å². The van der Waals surface area contributed by atoms with Crippen LogP contribution >= 0.6 is 11.6 Å². The molecule has 0 unspecified atom stereocenters. The van der Waals surface area contributed by atoms with Gasteiger partial charge in [0.05, 0.1) is 18.2 Å². The van der Waals surface area contributed by atoms with Gasteiger partial charge in [-0.15, -0.1) is 0 Å². The minimum absolute atomic E-state index is 0.0986. The number of H-pyrrole nitrogens is 1. The second kappa shape index (κ2) is 9.31. The van der Waals surface area contributed by atoms with E-state index in [0.717, 1.165) is 38.8 Å². The number of hydrogen-bond acceptors (Lipinski definition) is 5. The molecule has 1 saturated carbocycles. The van der Waals surface area contributed by atoms with E-state index in [1.807, 2.05) is 26.0 Å². The van der Waals surface area contributed by atoms with Gasteiger partial charge in [-0.25, -0.2) is 19.1 Å². The number of aliphatic carboxylic acids is 1. The number of furan rings is 1. The van der Waals surface area contributed by atoms with Crippen LogP contribution in [0.2, 0.25) is 5.02 Å². The molecule has 5 rings (SSSR count). The zero-order chi connectivity index (χ0) is 25.6. The SMILES string of the molecule is CCc1oc2ccc(/N=c3\[nH]c(=O)n([C@H]4C[C@H](C(=O)O)C4)c(=O)n3Cc3ccc(Cl)cc3)cc2c1C. The van der Waals surface area contributed by atoms with E-state index in [0.29, 0.717) is 10.7 Å². The smallest absolute Gasteiger partial charge is 0.335 e.